The van der Waals surface area contributed by atoms with Gasteiger partial charge in [-0.3, -0.25) is 4.90 Å². The Bertz CT molecular complexity index is 1970. The number of rotatable bonds is 5. The molecule has 0 bridgehead atoms. The number of nitrogens with zero attached hydrogens (tertiary/aromatic N) is 5. The summed E-state index contributed by atoms with van der Waals surface area (Å²) in [6, 6.07) is 4.74. The molecule has 2 aromatic heterocycles. The van der Waals surface area contributed by atoms with Crippen LogP contribution in [0.2, 0.25) is 5.02 Å². The molecular weight excluding hydrogens is 646 g/mol. The van der Waals surface area contributed by atoms with Gasteiger partial charge in [-0.05, 0) is 62.6 Å². The summed E-state index contributed by atoms with van der Waals surface area (Å²) in [5, 5.41) is 10.7. The van der Waals surface area contributed by atoms with Gasteiger partial charge in [0, 0.05) is 31.1 Å². The molecule has 3 fully saturated rings. The van der Waals surface area contributed by atoms with Crippen LogP contribution in [0.25, 0.3) is 32.1 Å². The first-order valence-corrected chi connectivity index (χ1v) is 17.4. The monoisotopic (exact) mass is 680 g/mol. The van der Waals surface area contributed by atoms with Crippen molar-refractivity contribution in [3.05, 3.63) is 34.4 Å². The molecule has 0 saturated carbocycles. The van der Waals surface area contributed by atoms with Crippen molar-refractivity contribution < 1.29 is 23.0 Å². The molecule has 13 heteroatoms. The van der Waals surface area contributed by atoms with E-state index in [9.17, 15) is 5.26 Å². The topological polar surface area (TPSA) is 110 Å². The third-order valence-electron chi connectivity index (χ3n) is 10.6. The number of ether oxygens (including phenoxy) is 3. The highest BCUT2D eigenvalue weighted by molar-refractivity contribution is 7.23. The number of hydrogen-bond acceptors (Lipinski definition) is 10. The SMILES string of the molecule is COC1CCC2COc3c(Cl)c(-c4ccc(F)c5sc(N)c(C#N)c45)c(F)c4nc(OC[C@@]56CCCN5C[C@H](C)C6)nc(c34)N2CC1. The number of thiophene rings is 1. The number of hydrogen-bond donors (Lipinski definition) is 1. The fourth-order valence-corrected chi connectivity index (χ4v) is 9.70. The quantitative estimate of drug-likeness (QED) is 0.240. The Morgan fingerprint density at radius 2 is 2.06 bits per heavy atom. The zero-order valence-corrected chi connectivity index (χ0v) is 27.8. The highest BCUT2D eigenvalue weighted by atomic mass is 35.5. The summed E-state index contributed by atoms with van der Waals surface area (Å²) in [5.74, 6) is 0.0317. The number of nitrogens with two attached hydrogens (primary N) is 1. The molecule has 4 atom stereocenters. The maximum atomic E-state index is 17.2. The Hall–Kier alpha value is -3.50. The van der Waals surface area contributed by atoms with E-state index >= 15 is 8.78 Å². The fourth-order valence-electron chi connectivity index (χ4n) is 8.42. The molecule has 246 valence electrons. The summed E-state index contributed by atoms with van der Waals surface area (Å²) in [6.45, 7) is 5.64. The van der Waals surface area contributed by atoms with Crippen molar-refractivity contribution in [3.63, 3.8) is 0 Å². The number of aromatic nitrogens is 2. The summed E-state index contributed by atoms with van der Waals surface area (Å²) < 4.78 is 51.0. The summed E-state index contributed by atoms with van der Waals surface area (Å²) in [4.78, 5) is 14.3. The molecule has 0 radical (unpaired) electrons. The van der Waals surface area contributed by atoms with Gasteiger partial charge in [0.25, 0.3) is 0 Å². The second-order valence-corrected chi connectivity index (χ2v) is 14.8. The minimum Gasteiger partial charge on any atom is -0.489 e. The van der Waals surface area contributed by atoms with Gasteiger partial charge in [0.1, 0.15) is 41.4 Å². The van der Waals surface area contributed by atoms with E-state index in [2.05, 4.69) is 22.8 Å². The lowest BCUT2D eigenvalue weighted by Crippen LogP contribution is -2.43. The van der Waals surface area contributed by atoms with E-state index in [0.29, 0.717) is 30.3 Å². The highest BCUT2D eigenvalue weighted by Crippen LogP contribution is 2.51. The van der Waals surface area contributed by atoms with Crippen molar-refractivity contribution >= 4 is 54.7 Å². The molecule has 3 saturated heterocycles. The predicted molar refractivity (Wildman–Crippen MR) is 179 cm³/mol. The van der Waals surface area contributed by atoms with Crippen molar-refractivity contribution in [2.75, 3.05) is 50.6 Å². The molecule has 0 amide bonds. The van der Waals surface area contributed by atoms with Gasteiger partial charge in [-0.15, -0.1) is 11.3 Å². The average Bonchev–Trinajstić information content (AvgIpc) is 3.60. The molecule has 47 heavy (non-hydrogen) atoms. The van der Waals surface area contributed by atoms with Crippen LogP contribution in [0.4, 0.5) is 19.6 Å². The van der Waals surface area contributed by atoms with Gasteiger partial charge in [-0.25, -0.2) is 8.78 Å². The number of halogens is 3. The van der Waals surface area contributed by atoms with Gasteiger partial charge in [0.05, 0.1) is 38.4 Å². The van der Waals surface area contributed by atoms with E-state index in [1.807, 2.05) is 0 Å². The molecule has 4 aliphatic rings. The first-order valence-electron chi connectivity index (χ1n) is 16.2. The maximum Gasteiger partial charge on any atom is 0.319 e. The number of nitrogen functional groups attached to an aromatic ring is 1. The standard InChI is InChI=1S/C34H35ClF2N6O3S/c1-17-12-34(9-3-10-42(34)14-17)16-46-33-40-28-25-29(45-15-18-4-5-19(44-2)8-11-43(18)32(25)41-33)26(35)24(27(28)37)20-6-7-22(36)30-23(20)21(13-38)31(39)47-30/h6-7,17-19H,3-5,8-12,14-16,39H2,1-2H3/t17-,18?,19?,34+/m1/s1. The molecule has 8 rings (SSSR count). The Morgan fingerprint density at radius 3 is 2.87 bits per heavy atom. The molecule has 6 heterocycles. The average molecular weight is 681 g/mol. The molecule has 9 nitrogen and oxygen atoms in total. The van der Waals surface area contributed by atoms with E-state index in [4.69, 9.17) is 41.5 Å². The van der Waals surface area contributed by atoms with E-state index in [-0.39, 0.29) is 78.4 Å². The van der Waals surface area contributed by atoms with Gasteiger partial charge in [0.2, 0.25) is 0 Å². The Balaban J connectivity index is 1.34. The molecule has 0 spiro atoms. The predicted octanol–water partition coefficient (Wildman–Crippen LogP) is 6.92. The molecule has 0 aliphatic carbocycles. The lowest BCUT2D eigenvalue weighted by Gasteiger charge is -2.32. The van der Waals surface area contributed by atoms with Crippen LogP contribution >= 0.6 is 22.9 Å². The van der Waals surface area contributed by atoms with E-state index in [1.165, 1.54) is 12.1 Å². The Labute approximate surface area is 280 Å². The van der Waals surface area contributed by atoms with Crippen LogP contribution in [-0.4, -0.2) is 72.5 Å². The van der Waals surface area contributed by atoms with Crippen molar-refractivity contribution in [3.8, 4) is 29.0 Å². The second-order valence-electron chi connectivity index (χ2n) is 13.4. The zero-order chi connectivity index (χ0) is 32.6. The number of fused-ring (bicyclic) bond motifs is 4. The van der Waals surface area contributed by atoms with Crippen molar-refractivity contribution in [1.82, 2.24) is 14.9 Å². The Kier molecular flexibility index (Phi) is 7.59. The smallest absolute Gasteiger partial charge is 0.319 e. The van der Waals surface area contributed by atoms with Crippen LogP contribution in [0.15, 0.2) is 12.1 Å². The van der Waals surface area contributed by atoms with Crippen LogP contribution in [-0.2, 0) is 4.74 Å². The summed E-state index contributed by atoms with van der Waals surface area (Å²) in [7, 11) is 1.72. The first kappa shape index (κ1) is 30.8. The van der Waals surface area contributed by atoms with Gasteiger partial charge < -0.3 is 24.8 Å². The van der Waals surface area contributed by atoms with Crippen LogP contribution in [0, 0.1) is 28.9 Å². The molecular formula is C34H35ClF2N6O3S. The van der Waals surface area contributed by atoms with Crippen LogP contribution < -0.4 is 20.1 Å². The molecule has 2 aromatic carbocycles. The molecule has 2 unspecified atom stereocenters. The van der Waals surface area contributed by atoms with E-state index < -0.39 is 11.6 Å². The highest BCUT2D eigenvalue weighted by Gasteiger charge is 2.48. The number of methoxy groups -OCH3 is 1. The number of anilines is 2. The van der Waals surface area contributed by atoms with Crippen molar-refractivity contribution in [1.29, 1.82) is 5.26 Å². The minimum absolute atomic E-state index is 0.00273. The fraction of sp³-hybridized carbons (Fsp3) is 0.500. The van der Waals surface area contributed by atoms with Crippen LogP contribution in [0.1, 0.15) is 51.0 Å². The summed E-state index contributed by atoms with van der Waals surface area (Å²) in [6.07, 6.45) is 5.62. The summed E-state index contributed by atoms with van der Waals surface area (Å²) in [5.41, 5.74) is 6.30. The molecule has 4 aromatic rings. The minimum atomic E-state index is -0.731. The molecule has 2 N–H and O–H groups in total. The van der Waals surface area contributed by atoms with E-state index in [0.717, 1.165) is 63.0 Å². The lowest BCUT2D eigenvalue weighted by atomic mass is 9.92. The lowest BCUT2D eigenvalue weighted by molar-refractivity contribution is 0.0917. The van der Waals surface area contributed by atoms with Gasteiger partial charge in [-0.2, -0.15) is 15.2 Å². The zero-order valence-electron chi connectivity index (χ0n) is 26.2. The third kappa shape index (κ3) is 4.80. The Morgan fingerprint density at radius 1 is 1.21 bits per heavy atom. The third-order valence-corrected chi connectivity index (χ3v) is 12.0. The number of benzene rings is 2. The largest absolute Gasteiger partial charge is 0.489 e. The normalized spacial score (nSPS) is 25.7. The number of nitriles is 1. The van der Waals surface area contributed by atoms with Gasteiger partial charge in [-0.1, -0.05) is 24.6 Å². The van der Waals surface area contributed by atoms with Gasteiger partial charge in [0.15, 0.2) is 11.6 Å². The maximum absolute atomic E-state index is 17.2. The first-order chi connectivity index (χ1) is 22.7. The van der Waals surface area contributed by atoms with Crippen molar-refractivity contribution in [2.45, 2.75) is 63.1 Å². The van der Waals surface area contributed by atoms with Crippen molar-refractivity contribution in [2.24, 2.45) is 5.92 Å². The molecule has 4 aliphatic heterocycles. The summed E-state index contributed by atoms with van der Waals surface area (Å²) >= 11 is 8.03. The van der Waals surface area contributed by atoms with E-state index in [1.54, 1.807) is 7.11 Å². The van der Waals surface area contributed by atoms with Crippen LogP contribution in [0.3, 0.4) is 0 Å². The van der Waals surface area contributed by atoms with Gasteiger partial charge >= 0.3 is 6.01 Å². The van der Waals surface area contributed by atoms with Crippen LogP contribution in [0.5, 0.6) is 11.8 Å². The second kappa shape index (κ2) is 11.6.